The van der Waals surface area contributed by atoms with Crippen LogP contribution in [0.4, 0.5) is 0 Å². The maximum atomic E-state index is 13.0. The third-order valence-corrected chi connectivity index (χ3v) is 4.64. The summed E-state index contributed by atoms with van der Waals surface area (Å²) in [5.41, 5.74) is -0.392. The predicted octanol–water partition coefficient (Wildman–Crippen LogP) is -0.625. The van der Waals surface area contributed by atoms with Crippen LogP contribution in [-0.2, 0) is 42.9 Å². The van der Waals surface area contributed by atoms with Gasteiger partial charge in [0.05, 0.1) is 6.20 Å². The Hall–Kier alpha value is -3.81. The number of ether oxygens (including phenoxy) is 5. The first-order valence-electron chi connectivity index (χ1n) is 9.79. The van der Waals surface area contributed by atoms with E-state index in [4.69, 9.17) is 23.7 Å². The zero-order valence-electron chi connectivity index (χ0n) is 18.2. The maximum absolute atomic E-state index is 13.0. The molecule has 0 unspecified atom stereocenters. The van der Waals surface area contributed by atoms with Gasteiger partial charge >= 0.3 is 23.9 Å². The summed E-state index contributed by atoms with van der Waals surface area (Å²) in [6.45, 7) is 4.07. The zero-order valence-corrected chi connectivity index (χ0v) is 18.2. The van der Waals surface area contributed by atoms with Crippen LogP contribution in [-0.4, -0.2) is 74.6 Å². The van der Waals surface area contributed by atoms with E-state index in [0.717, 1.165) is 38.6 Å². The first-order chi connectivity index (χ1) is 15.6. The minimum absolute atomic E-state index is 0.116. The van der Waals surface area contributed by atoms with E-state index < -0.39 is 66.7 Å². The molecule has 14 heteroatoms. The Morgan fingerprint density at radius 1 is 0.970 bits per heavy atom. The van der Waals surface area contributed by atoms with Crippen molar-refractivity contribution in [3.63, 3.8) is 0 Å². The van der Waals surface area contributed by atoms with E-state index in [9.17, 15) is 24.0 Å². The lowest BCUT2D eigenvalue weighted by Crippen LogP contribution is -2.61. The Balaban J connectivity index is 2.13. The van der Waals surface area contributed by atoms with Crippen LogP contribution >= 0.6 is 0 Å². The fourth-order valence-electron chi connectivity index (χ4n) is 3.46. The van der Waals surface area contributed by atoms with Crippen LogP contribution in [0, 0.1) is 0 Å². The van der Waals surface area contributed by atoms with Crippen molar-refractivity contribution in [3.8, 4) is 0 Å². The van der Waals surface area contributed by atoms with Crippen molar-refractivity contribution >= 4 is 34.9 Å². The predicted molar refractivity (Wildman–Crippen MR) is 105 cm³/mol. The fourth-order valence-corrected chi connectivity index (χ4v) is 3.46. The van der Waals surface area contributed by atoms with Gasteiger partial charge in [0.1, 0.15) is 24.4 Å². The molecule has 3 rings (SSSR count). The molecule has 0 amide bonds. The number of H-pyrrole nitrogens is 1. The van der Waals surface area contributed by atoms with Crippen molar-refractivity contribution in [3.05, 3.63) is 22.9 Å². The molecule has 0 bridgehead atoms. The van der Waals surface area contributed by atoms with Crippen LogP contribution in [0.15, 0.2) is 17.3 Å². The minimum atomic E-state index is -1.42. The summed E-state index contributed by atoms with van der Waals surface area (Å²) < 4.78 is 28.0. The molecule has 5 atom stereocenters. The average Bonchev–Trinajstić information content (AvgIpc) is 3.19. The van der Waals surface area contributed by atoms with E-state index in [1.165, 1.54) is 6.20 Å². The SMILES string of the molecule is CC(=O)OC[C@@H]1O[C@H](n2cnc3[nH]ncc3c2=O)[C@H](OC(C)=O)[C@@H](OC(C)=O)[C@H]1OC(C)=O. The van der Waals surface area contributed by atoms with Gasteiger partial charge in [0, 0.05) is 27.7 Å². The molecule has 14 nitrogen and oxygen atoms in total. The molecule has 0 spiro atoms. The van der Waals surface area contributed by atoms with Crippen molar-refractivity contribution in [2.75, 3.05) is 6.61 Å². The standard InChI is InChI=1S/C19H22N4O10/c1-8(24)29-6-13-14(30-9(2)25)15(31-10(3)26)16(32-11(4)27)19(33-13)23-7-20-17-12(18(23)28)5-21-22-17/h5,7,13-16,19H,6H2,1-4H3,(H,21,22)/t13-,14-,15-,16+,19-/m0/s1. The summed E-state index contributed by atoms with van der Waals surface area (Å²) in [4.78, 5) is 64.1. The van der Waals surface area contributed by atoms with Crippen LogP contribution in [0.1, 0.15) is 33.9 Å². The van der Waals surface area contributed by atoms with Crippen molar-refractivity contribution in [2.45, 2.75) is 58.3 Å². The van der Waals surface area contributed by atoms with Gasteiger partial charge in [-0.15, -0.1) is 0 Å². The lowest BCUT2D eigenvalue weighted by Gasteiger charge is -2.44. The molecular weight excluding hydrogens is 444 g/mol. The summed E-state index contributed by atoms with van der Waals surface area (Å²) in [7, 11) is 0. The van der Waals surface area contributed by atoms with E-state index in [1.807, 2.05) is 0 Å². The number of carbonyl (C=O) groups excluding carboxylic acids is 4. The molecule has 0 aromatic carbocycles. The van der Waals surface area contributed by atoms with Crippen LogP contribution < -0.4 is 5.56 Å². The summed E-state index contributed by atoms with van der Waals surface area (Å²) in [5.74, 6) is -2.97. The van der Waals surface area contributed by atoms with E-state index in [-0.39, 0.29) is 11.0 Å². The Kier molecular flexibility index (Phi) is 7.06. The average molecular weight is 466 g/mol. The molecule has 0 aliphatic carbocycles. The number of esters is 4. The monoisotopic (exact) mass is 466 g/mol. The Bertz CT molecular complexity index is 1130. The molecule has 1 fully saturated rings. The van der Waals surface area contributed by atoms with Gasteiger partial charge in [-0.05, 0) is 0 Å². The number of fused-ring (bicyclic) bond motifs is 1. The molecule has 1 saturated heterocycles. The van der Waals surface area contributed by atoms with Crippen molar-refractivity contribution in [1.82, 2.24) is 19.7 Å². The molecule has 1 aliphatic rings. The van der Waals surface area contributed by atoms with Gasteiger partial charge in [0.2, 0.25) is 0 Å². The molecule has 2 aromatic rings. The number of hydrogen-bond donors (Lipinski definition) is 1. The highest BCUT2D eigenvalue weighted by Crippen LogP contribution is 2.34. The molecule has 1 aliphatic heterocycles. The topological polar surface area (TPSA) is 178 Å². The van der Waals surface area contributed by atoms with Crippen LogP contribution in [0.25, 0.3) is 11.0 Å². The molecule has 0 saturated carbocycles. The number of aromatic amines is 1. The molecule has 2 aromatic heterocycles. The number of nitrogens with zero attached hydrogens (tertiary/aromatic N) is 3. The molecule has 0 radical (unpaired) electrons. The first-order valence-corrected chi connectivity index (χ1v) is 9.79. The second kappa shape index (κ2) is 9.77. The number of nitrogens with one attached hydrogen (secondary N) is 1. The molecule has 3 heterocycles. The van der Waals surface area contributed by atoms with Gasteiger partial charge in [0.25, 0.3) is 5.56 Å². The Labute approximate surface area is 186 Å². The molecule has 33 heavy (non-hydrogen) atoms. The minimum Gasteiger partial charge on any atom is -0.463 e. The van der Waals surface area contributed by atoms with Crippen LogP contribution in [0.3, 0.4) is 0 Å². The number of carbonyl (C=O) groups is 4. The van der Waals surface area contributed by atoms with Gasteiger partial charge in [0.15, 0.2) is 30.2 Å². The summed E-state index contributed by atoms with van der Waals surface area (Å²) in [5, 5.41) is 6.44. The van der Waals surface area contributed by atoms with E-state index >= 15 is 0 Å². The van der Waals surface area contributed by atoms with Crippen molar-refractivity contribution in [2.24, 2.45) is 0 Å². The Morgan fingerprint density at radius 2 is 1.58 bits per heavy atom. The first kappa shape index (κ1) is 23.8. The van der Waals surface area contributed by atoms with E-state index in [0.29, 0.717) is 0 Å². The smallest absolute Gasteiger partial charge is 0.303 e. The third kappa shape index (κ3) is 5.34. The number of aromatic nitrogens is 4. The van der Waals surface area contributed by atoms with Crippen LogP contribution in [0.5, 0.6) is 0 Å². The van der Waals surface area contributed by atoms with Gasteiger partial charge in [-0.2, -0.15) is 5.10 Å². The van der Waals surface area contributed by atoms with Gasteiger partial charge in [-0.3, -0.25) is 33.6 Å². The van der Waals surface area contributed by atoms with Crippen molar-refractivity contribution in [1.29, 1.82) is 0 Å². The maximum Gasteiger partial charge on any atom is 0.303 e. The van der Waals surface area contributed by atoms with Crippen molar-refractivity contribution < 1.29 is 42.9 Å². The lowest BCUT2D eigenvalue weighted by molar-refractivity contribution is -0.269. The van der Waals surface area contributed by atoms with E-state index in [2.05, 4.69) is 15.2 Å². The Morgan fingerprint density at radius 3 is 2.18 bits per heavy atom. The second-order valence-corrected chi connectivity index (χ2v) is 7.18. The zero-order chi connectivity index (χ0) is 24.3. The lowest BCUT2D eigenvalue weighted by atomic mass is 9.97. The number of rotatable bonds is 6. The summed E-state index contributed by atoms with van der Waals surface area (Å²) in [6, 6.07) is 0. The summed E-state index contributed by atoms with van der Waals surface area (Å²) in [6.07, 6.45) is -4.34. The fraction of sp³-hybridized carbons (Fsp3) is 0.526. The number of hydrogen-bond acceptors (Lipinski definition) is 12. The normalized spacial score (nSPS) is 24.7. The largest absolute Gasteiger partial charge is 0.463 e. The molecule has 1 N–H and O–H groups in total. The highest BCUT2D eigenvalue weighted by molar-refractivity contribution is 5.72. The molecular formula is C19H22N4O10. The second-order valence-electron chi connectivity index (χ2n) is 7.18. The molecule has 178 valence electrons. The third-order valence-electron chi connectivity index (χ3n) is 4.64. The van der Waals surface area contributed by atoms with Crippen LogP contribution in [0.2, 0.25) is 0 Å². The quantitative estimate of drug-likeness (QED) is 0.422. The van der Waals surface area contributed by atoms with Gasteiger partial charge in [-0.25, -0.2) is 4.98 Å². The van der Waals surface area contributed by atoms with Gasteiger partial charge < -0.3 is 23.7 Å². The van der Waals surface area contributed by atoms with Gasteiger partial charge in [-0.1, -0.05) is 0 Å². The summed E-state index contributed by atoms with van der Waals surface area (Å²) >= 11 is 0. The van der Waals surface area contributed by atoms with E-state index in [1.54, 1.807) is 0 Å². The highest BCUT2D eigenvalue weighted by Gasteiger charge is 2.53. The highest BCUT2D eigenvalue weighted by atomic mass is 16.7.